The van der Waals surface area contributed by atoms with Crippen molar-refractivity contribution in [2.75, 3.05) is 0 Å². The van der Waals surface area contributed by atoms with E-state index in [9.17, 15) is 0 Å². The molecule has 0 spiro atoms. The summed E-state index contributed by atoms with van der Waals surface area (Å²) in [6.07, 6.45) is 4.07. The van der Waals surface area contributed by atoms with Crippen molar-refractivity contribution in [2.45, 2.75) is 32.7 Å². The van der Waals surface area contributed by atoms with Gasteiger partial charge in [0.1, 0.15) is 5.01 Å². The topological polar surface area (TPSA) is 56.7 Å². The molecular formula is C12H18N4S. The predicted octanol–water partition coefficient (Wildman–Crippen LogP) is 2.65. The second-order valence-corrected chi connectivity index (χ2v) is 5.16. The van der Waals surface area contributed by atoms with Crippen LogP contribution in [0.15, 0.2) is 11.6 Å². The average Bonchev–Trinajstić information content (AvgIpc) is 2.85. The summed E-state index contributed by atoms with van der Waals surface area (Å²) in [5, 5.41) is 7.41. The molecule has 0 fully saturated rings. The van der Waals surface area contributed by atoms with Gasteiger partial charge in [0.25, 0.3) is 0 Å². The molecule has 2 N–H and O–H groups in total. The van der Waals surface area contributed by atoms with Gasteiger partial charge in [0.2, 0.25) is 0 Å². The molecular weight excluding hydrogens is 232 g/mol. The van der Waals surface area contributed by atoms with E-state index in [1.54, 1.807) is 11.3 Å². The summed E-state index contributed by atoms with van der Waals surface area (Å²) in [6.45, 7) is 4.14. The summed E-state index contributed by atoms with van der Waals surface area (Å²) >= 11 is 1.64. The maximum Gasteiger partial charge on any atom is 0.110 e. The zero-order chi connectivity index (χ0) is 12.4. The van der Waals surface area contributed by atoms with Crippen LogP contribution in [0.2, 0.25) is 0 Å². The van der Waals surface area contributed by atoms with Gasteiger partial charge in [-0.1, -0.05) is 13.3 Å². The summed E-state index contributed by atoms with van der Waals surface area (Å²) in [6, 6.07) is 0.0655. The van der Waals surface area contributed by atoms with Crippen LogP contribution in [-0.4, -0.2) is 14.8 Å². The van der Waals surface area contributed by atoms with Crippen molar-refractivity contribution in [3.05, 3.63) is 22.3 Å². The first-order valence-corrected chi connectivity index (χ1v) is 6.71. The lowest BCUT2D eigenvalue weighted by atomic mass is 10.2. The van der Waals surface area contributed by atoms with Gasteiger partial charge in [-0.15, -0.1) is 11.3 Å². The van der Waals surface area contributed by atoms with Gasteiger partial charge < -0.3 is 5.73 Å². The Kier molecular flexibility index (Phi) is 3.59. The van der Waals surface area contributed by atoms with E-state index in [1.807, 2.05) is 24.9 Å². The zero-order valence-electron chi connectivity index (χ0n) is 10.5. The van der Waals surface area contributed by atoms with E-state index in [1.165, 1.54) is 0 Å². The zero-order valence-corrected chi connectivity index (χ0v) is 11.3. The van der Waals surface area contributed by atoms with Gasteiger partial charge in [-0.05, 0) is 13.3 Å². The van der Waals surface area contributed by atoms with Crippen LogP contribution in [-0.2, 0) is 7.05 Å². The van der Waals surface area contributed by atoms with Crippen LogP contribution in [0.4, 0.5) is 0 Å². The Morgan fingerprint density at radius 1 is 1.53 bits per heavy atom. The number of hydrogen-bond acceptors (Lipinski definition) is 4. The lowest BCUT2D eigenvalue weighted by Gasteiger charge is -2.04. The molecule has 0 aliphatic rings. The van der Waals surface area contributed by atoms with Gasteiger partial charge in [0.15, 0.2) is 0 Å². The molecule has 17 heavy (non-hydrogen) atoms. The lowest BCUT2D eigenvalue weighted by molar-refractivity contribution is 0.635. The van der Waals surface area contributed by atoms with Gasteiger partial charge in [0.05, 0.1) is 17.4 Å². The summed E-state index contributed by atoms with van der Waals surface area (Å²) < 4.78 is 1.82. The number of hydrogen-bond donors (Lipinski definition) is 1. The van der Waals surface area contributed by atoms with Crippen LogP contribution in [0.3, 0.4) is 0 Å². The highest BCUT2D eigenvalue weighted by Crippen LogP contribution is 2.27. The minimum atomic E-state index is 0.0655. The van der Waals surface area contributed by atoms with Gasteiger partial charge >= 0.3 is 0 Å². The Bertz CT molecular complexity index is 500. The fourth-order valence-electron chi connectivity index (χ4n) is 1.87. The van der Waals surface area contributed by atoms with Gasteiger partial charge in [-0.2, -0.15) is 5.10 Å². The van der Waals surface area contributed by atoms with Crippen molar-refractivity contribution >= 4 is 11.3 Å². The fourth-order valence-corrected chi connectivity index (χ4v) is 2.72. The molecule has 4 nitrogen and oxygen atoms in total. The molecule has 2 rings (SSSR count). The second kappa shape index (κ2) is 4.98. The van der Waals surface area contributed by atoms with E-state index in [4.69, 9.17) is 5.73 Å². The molecule has 92 valence electrons. The average molecular weight is 250 g/mol. The highest BCUT2D eigenvalue weighted by Gasteiger charge is 2.13. The molecule has 0 saturated heterocycles. The van der Waals surface area contributed by atoms with Crippen molar-refractivity contribution in [3.8, 4) is 11.3 Å². The maximum absolute atomic E-state index is 6.07. The van der Waals surface area contributed by atoms with Crippen molar-refractivity contribution in [1.82, 2.24) is 14.8 Å². The van der Waals surface area contributed by atoms with Gasteiger partial charge in [-0.3, -0.25) is 4.68 Å². The third-order valence-corrected chi connectivity index (χ3v) is 3.70. The third kappa shape index (κ3) is 2.56. The molecule has 2 aromatic rings. The highest BCUT2D eigenvalue weighted by atomic mass is 32.1. The molecule has 1 unspecified atom stereocenters. The number of rotatable bonds is 4. The van der Waals surface area contributed by atoms with E-state index in [-0.39, 0.29) is 6.04 Å². The Hall–Kier alpha value is -1.20. The standard InChI is InChI=1S/C12H18N4S/c1-4-5-10(13)12-14-11(7-17-12)9-6-16(3)15-8(9)2/h6-7,10H,4-5,13H2,1-3H3. The Morgan fingerprint density at radius 2 is 2.29 bits per heavy atom. The number of aromatic nitrogens is 3. The number of nitrogens with zero attached hydrogens (tertiary/aromatic N) is 3. The predicted molar refractivity (Wildman–Crippen MR) is 70.9 cm³/mol. The van der Waals surface area contributed by atoms with Crippen LogP contribution in [0.1, 0.15) is 36.5 Å². The minimum Gasteiger partial charge on any atom is -0.322 e. The molecule has 0 aliphatic heterocycles. The Morgan fingerprint density at radius 3 is 2.88 bits per heavy atom. The van der Waals surface area contributed by atoms with Gasteiger partial charge in [0, 0.05) is 24.2 Å². The highest BCUT2D eigenvalue weighted by molar-refractivity contribution is 7.10. The normalized spacial score (nSPS) is 12.9. The fraction of sp³-hybridized carbons (Fsp3) is 0.500. The van der Waals surface area contributed by atoms with Crippen LogP contribution in [0.25, 0.3) is 11.3 Å². The monoisotopic (exact) mass is 250 g/mol. The Labute approximate surface area is 105 Å². The van der Waals surface area contributed by atoms with Crippen molar-refractivity contribution < 1.29 is 0 Å². The molecule has 1 atom stereocenters. The molecule has 0 bridgehead atoms. The molecule has 0 aromatic carbocycles. The summed E-state index contributed by atoms with van der Waals surface area (Å²) in [5.41, 5.74) is 9.16. The van der Waals surface area contributed by atoms with E-state index < -0.39 is 0 Å². The number of nitrogens with two attached hydrogens (primary N) is 1. The summed E-state index contributed by atoms with van der Waals surface area (Å²) in [4.78, 5) is 4.61. The number of aryl methyl sites for hydroxylation is 2. The number of thiazole rings is 1. The van der Waals surface area contributed by atoms with E-state index >= 15 is 0 Å². The first-order chi connectivity index (χ1) is 8.11. The minimum absolute atomic E-state index is 0.0655. The van der Waals surface area contributed by atoms with Crippen LogP contribution in [0.5, 0.6) is 0 Å². The van der Waals surface area contributed by atoms with Crippen molar-refractivity contribution in [1.29, 1.82) is 0 Å². The molecule has 5 heteroatoms. The van der Waals surface area contributed by atoms with E-state index in [2.05, 4.69) is 22.4 Å². The molecule has 2 aromatic heterocycles. The molecule has 0 saturated carbocycles. The smallest absolute Gasteiger partial charge is 0.110 e. The van der Waals surface area contributed by atoms with Crippen LogP contribution >= 0.6 is 11.3 Å². The molecule has 0 radical (unpaired) electrons. The summed E-state index contributed by atoms with van der Waals surface area (Å²) in [7, 11) is 1.92. The van der Waals surface area contributed by atoms with Crippen molar-refractivity contribution in [3.63, 3.8) is 0 Å². The lowest BCUT2D eigenvalue weighted by Crippen LogP contribution is -2.09. The molecule has 0 aliphatic carbocycles. The second-order valence-electron chi connectivity index (χ2n) is 4.27. The first-order valence-electron chi connectivity index (χ1n) is 5.83. The van der Waals surface area contributed by atoms with Gasteiger partial charge in [-0.25, -0.2) is 4.98 Å². The first kappa shape index (κ1) is 12.3. The van der Waals surface area contributed by atoms with E-state index in [0.29, 0.717) is 0 Å². The largest absolute Gasteiger partial charge is 0.322 e. The van der Waals surface area contributed by atoms with Crippen LogP contribution in [0, 0.1) is 6.92 Å². The Balaban J connectivity index is 2.26. The quantitative estimate of drug-likeness (QED) is 0.907. The van der Waals surface area contributed by atoms with E-state index in [0.717, 1.165) is 34.8 Å². The molecule has 2 heterocycles. The SMILES string of the molecule is CCCC(N)c1nc(-c2cn(C)nc2C)cs1. The maximum atomic E-state index is 6.07. The summed E-state index contributed by atoms with van der Waals surface area (Å²) in [5.74, 6) is 0. The van der Waals surface area contributed by atoms with Crippen LogP contribution < -0.4 is 5.73 Å². The van der Waals surface area contributed by atoms with Crippen molar-refractivity contribution in [2.24, 2.45) is 12.8 Å². The third-order valence-electron chi connectivity index (χ3n) is 2.73. The molecule has 0 amide bonds.